The van der Waals surface area contributed by atoms with E-state index < -0.39 is 54.2 Å². The van der Waals surface area contributed by atoms with Crippen LogP contribution in [0.4, 0.5) is 0 Å². The lowest BCUT2D eigenvalue weighted by atomic mass is 10.1. The van der Waals surface area contributed by atoms with Gasteiger partial charge in [0, 0.05) is 36.5 Å². The van der Waals surface area contributed by atoms with Gasteiger partial charge in [0.15, 0.2) is 11.6 Å². The molecule has 4 atom stereocenters. The number of aromatic nitrogens is 8. The molecule has 6 rings (SSSR count). The van der Waals surface area contributed by atoms with Crippen LogP contribution in [-0.2, 0) is 50.1 Å². The molecule has 2 aliphatic heterocycles. The molecule has 308 valence electrons. The molecule has 2 aliphatic rings. The Bertz CT molecular complexity index is 2160. The number of rotatable bonds is 13. The molecular weight excluding hydrogens is 807 g/mol. The summed E-state index contributed by atoms with van der Waals surface area (Å²) in [6, 6.07) is 13.4. The van der Waals surface area contributed by atoms with Crippen molar-refractivity contribution in [2.24, 2.45) is 0 Å². The molecule has 22 nitrogen and oxygen atoms in total. The molecule has 0 spiro atoms. The van der Waals surface area contributed by atoms with Gasteiger partial charge < -0.3 is 40.1 Å². The zero-order valence-corrected chi connectivity index (χ0v) is 32.5. The van der Waals surface area contributed by atoms with Gasteiger partial charge in [-0.2, -0.15) is 9.59 Å². The summed E-state index contributed by atoms with van der Waals surface area (Å²) in [6.45, 7) is 1.71. The van der Waals surface area contributed by atoms with Crippen molar-refractivity contribution >= 4 is 47.0 Å². The highest BCUT2D eigenvalue weighted by molar-refractivity contribution is 6.30. The highest BCUT2D eigenvalue weighted by Crippen LogP contribution is 2.22. The van der Waals surface area contributed by atoms with Crippen LogP contribution in [0.1, 0.15) is 41.9 Å². The van der Waals surface area contributed by atoms with Gasteiger partial charge in [0.25, 0.3) is 11.8 Å². The monoisotopic (exact) mass is 844 g/mol. The van der Waals surface area contributed by atoms with Crippen LogP contribution in [0.2, 0.25) is 10.0 Å². The minimum absolute atomic E-state index is 0.0290. The molecule has 2 unspecified atom stereocenters. The first-order valence-corrected chi connectivity index (χ1v) is 18.0. The van der Waals surface area contributed by atoms with Gasteiger partial charge in [-0.05, 0) is 52.7 Å². The number of carbonyl (C=O) groups excluding carboxylic acids is 3. The third kappa shape index (κ3) is 10.5. The van der Waals surface area contributed by atoms with E-state index >= 15 is 0 Å². The number of aliphatic carboxylic acids is 1. The predicted octanol–water partition coefficient (Wildman–Crippen LogP) is -0.364. The fraction of sp³-hybridized carbons (Fsp3) is 0.353. The Balaban J connectivity index is 0.000000221. The van der Waals surface area contributed by atoms with E-state index in [1.165, 1.54) is 39.7 Å². The van der Waals surface area contributed by atoms with Crippen molar-refractivity contribution in [1.29, 1.82) is 0 Å². The van der Waals surface area contributed by atoms with Gasteiger partial charge in [0.1, 0.15) is 23.4 Å². The number of carbonyl (C=O) groups is 4. The third-order valence-corrected chi connectivity index (χ3v) is 9.03. The number of esters is 1. The van der Waals surface area contributed by atoms with Gasteiger partial charge in [-0.15, -0.1) is 20.4 Å². The van der Waals surface area contributed by atoms with Crippen LogP contribution < -0.4 is 0 Å². The molecule has 4 heterocycles. The molecule has 0 aliphatic carbocycles. The number of tetrazole rings is 2. The van der Waals surface area contributed by atoms with Gasteiger partial charge in [-0.25, -0.2) is 9.59 Å². The smallest absolute Gasteiger partial charge is 0.345 e. The number of hydrogen-bond donors (Lipinski definition) is 5. The van der Waals surface area contributed by atoms with E-state index in [2.05, 4.69) is 30.8 Å². The molecule has 0 bridgehead atoms. The number of nitrogens with zero attached hydrogens (tertiary/aromatic N) is 12. The number of aliphatic hydroxyl groups is 4. The predicted molar refractivity (Wildman–Crippen MR) is 198 cm³/mol. The fourth-order valence-electron chi connectivity index (χ4n) is 5.41. The summed E-state index contributed by atoms with van der Waals surface area (Å²) in [7, 11) is 2.64. The van der Waals surface area contributed by atoms with Crippen molar-refractivity contribution in [2.75, 3.05) is 20.7 Å². The molecule has 0 radical (unpaired) electrons. The maximum absolute atomic E-state index is 12.2. The third-order valence-electron chi connectivity index (χ3n) is 8.52. The van der Waals surface area contributed by atoms with Crippen LogP contribution in [0.15, 0.2) is 72.1 Å². The maximum Gasteiger partial charge on any atom is 0.345 e. The summed E-state index contributed by atoms with van der Waals surface area (Å²) in [6.07, 6.45) is -2.19. The molecule has 5 N–H and O–H groups in total. The molecule has 24 heteroatoms. The number of ether oxygens (including phenoxy) is 1. The lowest BCUT2D eigenvalue weighted by molar-refractivity contribution is -0.157. The Morgan fingerprint density at radius 3 is 1.52 bits per heavy atom. The van der Waals surface area contributed by atoms with Gasteiger partial charge in [-0.3, -0.25) is 19.4 Å². The second-order valence-electron chi connectivity index (χ2n) is 12.6. The van der Waals surface area contributed by atoms with Crippen molar-refractivity contribution in [3.8, 4) is 0 Å². The van der Waals surface area contributed by atoms with Crippen molar-refractivity contribution in [3.63, 3.8) is 0 Å². The van der Waals surface area contributed by atoms with Crippen molar-refractivity contribution < 1.29 is 49.4 Å². The van der Waals surface area contributed by atoms with Crippen molar-refractivity contribution in [3.05, 3.63) is 105 Å². The van der Waals surface area contributed by atoms with E-state index in [0.717, 1.165) is 16.0 Å². The fourth-order valence-corrected chi connectivity index (χ4v) is 5.66. The molecule has 0 fully saturated rings. The summed E-state index contributed by atoms with van der Waals surface area (Å²) in [5.41, 5.74) is 0.573. The largest absolute Gasteiger partial charge is 0.477 e. The first kappa shape index (κ1) is 43.1. The van der Waals surface area contributed by atoms with E-state index in [1.54, 1.807) is 55.5 Å². The number of carboxylic acid groups (broad SMARTS) is 1. The number of aliphatic hydroxyl groups excluding tert-OH is 4. The molecule has 2 amide bonds. The summed E-state index contributed by atoms with van der Waals surface area (Å²) in [4.78, 5) is 54.1. The van der Waals surface area contributed by atoms with Crippen LogP contribution in [-0.4, -0.2) is 143 Å². The molecule has 0 saturated carbocycles. The second kappa shape index (κ2) is 18.9. The van der Waals surface area contributed by atoms with Crippen LogP contribution in [0.3, 0.4) is 0 Å². The maximum atomic E-state index is 12.2. The number of likely N-dealkylation sites (N-methyl/N-ethyl adjacent to an activating group) is 2. The minimum atomic E-state index is -1.41. The summed E-state index contributed by atoms with van der Waals surface area (Å²) < 4.78 is 4.88. The Hall–Kier alpha value is -6.04. The zero-order chi connectivity index (χ0) is 42.3. The number of halogens is 2. The minimum Gasteiger partial charge on any atom is -0.477 e. The van der Waals surface area contributed by atoms with E-state index in [9.17, 15) is 39.6 Å². The molecular formula is C34H38Cl2N12O10. The topological polar surface area (TPSA) is 279 Å². The highest BCUT2D eigenvalue weighted by Gasteiger charge is 2.36. The summed E-state index contributed by atoms with van der Waals surface area (Å²) >= 11 is 11.7. The molecule has 2 aromatic heterocycles. The number of amides is 2. The van der Waals surface area contributed by atoms with Crippen molar-refractivity contribution in [2.45, 2.75) is 58.0 Å². The van der Waals surface area contributed by atoms with Gasteiger partial charge in [-0.1, -0.05) is 47.5 Å². The van der Waals surface area contributed by atoms with Crippen LogP contribution in [0, 0.1) is 0 Å². The standard InChI is InChI=1S/C18H21ClN6O5.C16H17ClN6O5/c1-3-30-17(28)13-8-24(18(29)23(2)16(13)27)10-15-20-22-25(21-15)9-14(26)11-4-6-12(19)7-5-11;1-21-14(25)11(15(26)27)6-22(16(21)28)8-13-18-20-23(19-13)7-12(24)9-2-4-10(17)5-3-9/h4-8,14,18,26,29H,3,9-10H2,1-2H3;2-6,12,16,24,28H,7-8H2,1H3,(H,26,27)/t14-,18?;12-,16?/m00/s1. The summed E-state index contributed by atoms with van der Waals surface area (Å²) in [5, 5.41) is 75.0. The highest BCUT2D eigenvalue weighted by atomic mass is 35.5. The Morgan fingerprint density at radius 1 is 0.724 bits per heavy atom. The first-order valence-electron chi connectivity index (χ1n) is 17.2. The van der Waals surface area contributed by atoms with E-state index in [0.29, 0.717) is 21.2 Å². The molecule has 58 heavy (non-hydrogen) atoms. The lowest BCUT2D eigenvalue weighted by Crippen LogP contribution is -2.52. The number of benzene rings is 2. The average molecular weight is 846 g/mol. The van der Waals surface area contributed by atoms with Crippen LogP contribution in [0.25, 0.3) is 0 Å². The Kier molecular flexibility index (Phi) is 14.1. The first-order chi connectivity index (χ1) is 27.6. The zero-order valence-electron chi connectivity index (χ0n) is 31.0. The van der Waals surface area contributed by atoms with E-state index in [1.807, 2.05) is 0 Å². The number of hydrogen-bond acceptors (Lipinski definition) is 17. The SMILES string of the molecule is CCOC(=O)C1=CN(Cc2nnn(C[C@H](O)c3ccc(Cl)cc3)n2)C(O)N(C)C1=O.CN1C(=O)C(C(=O)O)=CN(Cc2nnn(C[C@H](O)c3ccc(Cl)cc3)n2)C1O. The van der Waals surface area contributed by atoms with Crippen LogP contribution >= 0.6 is 23.2 Å². The summed E-state index contributed by atoms with van der Waals surface area (Å²) in [5.74, 6) is -3.25. The van der Waals surface area contributed by atoms with E-state index in [-0.39, 0.29) is 50.0 Å². The lowest BCUT2D eigenvalue weighted by Gasteiger charge is -2.36. The molecule has 4 aromatic rings. The van der Waals surface area contributed by atoms with E-state index in [4.69, 9.17) is 33.0 Å². The van der Waals surface area contributed by atoms with Crippen molar-refractivity contribution in [1.82, 2.24) is 60.0 Å². The normalized spacial score (nSPS) is 17.9. The van der Waals surface area contributed by atoms with Gasteiger partial charge in [0.05, 0.1) is 32.8 Å². The quantitative estimate of drug-likeness (QED) is 0.0848. The van der Waals surface area contributed by atoms with Gasteiger partial charge >= 0.3 is 11.9 Å². The second-order valence-corrected chi connectivity index (χ2v) is 13.5. The van der Waals surface area contributed by atoms with Gasteiger partial charge in [0.2, 0.25) is 12.7 Å². The number of carboxylic acids is 1. The molecule has 2 aromatic carbocycles. The Morgan fingerprint density at radius 2 is 1.12 bits per heavy atom. The van der Waals surface area contributed by atoms with Crippen LogP contribution in [0.5, 0.6) is 0 Å². The molecule has 0 saturated heterocycles. The Labute approximate surface area is 339 Å². The average Bonchev–Trinajstić information content (AvgIpc) is 3.84.